The lowest BCUT2D eigenvalue weighted by molar-refractivity contribution is -0.137. The Morgan fingerprint density at radius 2 is 1.72 bits per heavy atom. The van der Waals surface area contributed by atoms with E-state index < -0.39 is 0 Å². The lowest BCUT2D eigenvalue weighted by atomic mass is 10.0. The van der Waals surface area contributed by atoms with Gasteiger partial charge >= 0.3 is 0 Å². The van der Waals surface area contributed by atoms with Crippen LogP contribution in [0.2, 0.25) is 0 Å². The van der Waals surface area contributed by atoms with Crippen molar-refractivity contribution in [3.8, 4) is 11.5 Å². The minimum absolute atomic E-state index is 0.251. The van der Waals surface area contributed by atoms with Crippen molar-refractivity contribution >= 4 is 17.4 Å². The number of ether oxygens (including phenoxy) is 3. The van der Waals surface area contributed by atoms with Gasteiger partial charge < -0.3 is 19.1 Å². The summed E-state index contributed by atoms with van der Waals surface area (Å²) in [4.78, 5) is 28.9. The van der Waals surface area contributed by atoms with E-state index in [4.69, 9.17) is 14.2 Å². The van der Waals surface area contributed by atoms with E-state index >= 15 is 0 Å². The largest absolute Gasteiger partial charge is 0.493 e. The highest BCUT2D eigenvalue weighted by molar-refractivity contribution is 6.35. The van der Waals surface area contributed by atoms with Crippen molar-refractivity contribution in [1.82, 2.24) is 9.80 Å². The number of morpholine rings is 1. The highest BCUT2D eigenvalue weighted by Crippen LogP contribution is 2.36. The van der Waals surface area contributed by atoms with Crippen LogP contribution in [-0.2, 0) is 14.3 Å². The molecule has 0 aromatic heterocycles. The number of hydrogen-bond acceptors (Lipinski definition) is 6. The molecule has 1 aromatic carbocycles. The zero-order valence-corrected chi connectivity index (χ0v) is 14.7. The van der Waals surface area contributed by atoms with E-state index in [1.165, 1.54) is 4.90 Å². The fourth-order valence-electron chi connectivity index (χ4n) is 3.18. The molecule has 7 nitrogen and oxygen atoms in total. The van der Waals surface area contributed by atoms with E-state index in [9.17, 15) is 9.59 Å². The smallest absolute Gasteiger partial charge is 0.277 e. The molecule has 1 aromatic rings. The number of carbonyl (C=O) groups excluding carboxylic acids is 2. The van der Waals surface area contributed by atoms with Gasteiger partial charge in [-0.25, -0.2) is 0 Å². The third-order valence-corrected chi connectivity index (χ3v) is 4.46. The van der Waals surface area contributed by atoms with Gasteiger partial charge in [0.15, 0.2) is 11.5 Å². The van der Waals surface area contributed by atoms with Crippen molar-refractivity contribution in [2.75, 3.05) is 47.1 Å². The first-order valence-corrected chi connectivity index (χ1v) is 8.27. The van der Waals surface area contributed by atoms with E-state index in [0.717, 1.165) is 0 Å². The van der Waals surface area contributed by atoms with E-state index in [1.807, 2.05) is 4.90 Å². The highest BCUT2D eigenvalue weighted by atomic mass is 16.5. The summed E-state index contributed by atoms with van der Waals surface area (Å²) in [7, 11) is 3.10. The van der Waals surface area contributed by atoms with E-state index in [2.05, 4.69) is 0 Å². The first-order valence-electron chi connectivity index (χ1n) is 8.27. The van der Waals surface area contributed by atoms with Crippen LogP contribution in [0.15, 0.2) is 23.9 Å². The Balaban J connectivity index is 2.11. The number of nitrogens with zero attached hydrogens (tertiary/aromatic N) is 2. The van der Waals surface area contributed by atoms with Gasteiger partial charge in [-0.2, -0.15) is 0 Å². The topological polar surface area (TPSA) is 68.3 Å². The van der Waals surface area contributed by atoms with Gasteiger partial charge in [0.2, 0.25) is 0 Å². The summed E-state index contributed by atoms with van der Waals surface area (Å²) in [5.41, 5.74) is 1.51. The van der Waals surface area contributed by atoms with Gasteiger partial charge in [-0.15, -0.1) is 0 Å². The molecule has 0 unspecified atom stereocenters. The molecule has 2 amide bonds. The molecule has 0 N–H and O–H groups in total. The SMILES string of the molecule is CCN1C(=O)C(c2ccc(OC)c(OC)c2)=C(N2CCOCC2)C1=O. The molecule has 0 saturated carbocycles. The van der Waals surface area contributed by atoms with Gasteiger partial charge in [0.25, 0.3) is 11.8 Å². The van der Waals surface area contributed by atoms with Crippen molar-refractivity contribution < 1.29 is 23.8 Å². The van der Waals surface area contributed by atoms with Gasteiger partial charge in [0, 0.05) is 19.6 Å². The van der Waals surface area contributed by atoms with Crippen molar-refractivity contribution in [2.24, 2.45) is 0 Å². The number of methoxy groups -OCH3 is 2. The molecular formula is C18H22N2O5. The molecule has 1 saturated heterocycles. The Bertz CT molecular complexity index is 722. The number of amides is 2. The van der Waals surface area contributed by atoms with Crippen molar-refractivity contribution in [2.45, 2.75) is 6.92 Å². The number of rotatable bonds is 5. The van der Waals surface area contributed by atoms with Crippen LogP contribution in [0.5, 0.6) is 11.5 Å². The maximum absolute atomic E-state index is 12.9. The maximum atomic E-state index is 12.9. The Kier molecular flexibility index (Phi) is 4.94. The van der Waals surface area contributed by atoms with Crippen LogP contribution in [0.25, 0.3) is 5.57 Å². The summed E-state index contributed by atoms with van der Waals surface area (Å²) < 4.78 is 16.0. The quantitative estimate of drug-likeness (QED) is 0.745. The molecule has 0 spiro atoms. The molecule has 2 heterocycles. The molecular weight excluding hydrogens is 324 g/mol. The van der Waals surface area contributed by atoms with Crippen LogP contribution in [-0.4, -0.2) is 68.7 Å². The zero-order chi connectivity index (χ0) is 18.0. The van der Waals surface area contributed by atoms with Crippen LogP contribution < -0.4 is 9.47 Å². The van der Waals surface area contributed by atoms with E-state index in [-0.39, 0.29) is 11.8 Å². The van der Waals surface area contributed by atoms with Gasteiger partial charge in [-0.05, 0) is 24.6 Å². The number of carbonyl (C=O) groups is 2. The third-order valence-electron chi connectivity index (χ3n) is 4.46. The minimum Gasteiger partial charge on any atom is -0.493 e. The first kappa shape index (κ1) is 17.3. The first-order chi connectivity index (χ1) is 12.1. The number of likely N-dealkylation sites (N-methyl/N-ethyl adjacent to an activating group) is 1. The summed E-state index contributed by atoms with van der Waals surface area (Å²) in [6.07, 6.45) is 0. The third kappa shape index (κ3) is 2.95. The Hall–Kier alpha value is -2.54. The Morgan fingerprint density at radius 1 is 1.04 bits per heavy atom. The summed E-state index contributed by atoms with van der Waals surface area (Å²) in [6, 6.07) is 5.25. The van der Waals surface area contributed by atoms with E-state index in [0.29, 0.717) is 61.2 Å². The highest BCUT2D eigenvalue weighted by Gasteiger charge is 2.41. The number of imide groups is 1. The van der Waals surface area contributed by atoms with Crippen molar-refractivity contribution in [1.29, 1.82) is 0 Å². The molecule has 2 aliphatic heterocycles. The van der Waals surface area contributed by atoms with Crippen molar-refractivity contribution in [3.63, 3.8) is 0 Å². The molecule has 3 rings (SSSR count). The standard InChI is InChI=1S/C18H22N2O5/c1-4-20-17(21)15(12-5-6-13(23-2)14(11-12)24-3)16(18(20)22)19-7-9-25-10-8-19/h5-6,11H,4,7-10H2,1-3H3. The lowest BCUT2D eigenvalue weighted by Crippen LogP contribution is -2.40. The van der Waals surface area contributed by atoms with Gasteiger partial charge in [-0.3, -0.25) is 14.5 Å². The van der Waals surface area contributed by atoms with Crippen LogP contribution in [0.3, 0.4) is 0 Å². The summed E-state index contributed by atoms with van der Waals surface area (Å²) in [5, 5.41) is 0. The number of hydrogen-bond donors (Lipinski definition) is 0. The van der Waals surface area contributed by atoms with Crippen LogP contribution in [0.4, 0.5) is 0 Å². The molecule has 134 valence electrons. The fraction of sp³-hybridized carbons (Fsp3) is 0.444. The van der Waals surface area contributed by atoms with Gasteiger partial charge in [0.1, 0.15) is 5.70 Å². The molecule has 0 atom stereocenters. The fourth-order valence-corrected chi connectivity index (χ4v) is 3.18. The molecule has 0 bridgehead atoms. The molecule has 1 fully saturated rings. The van der Waals surface area contributed by atoms with Gasteiger partial charge in [-0.1, -0.05) is 6.07 Å². The molecule has 0 radical (unpaired) electrons. The second-order valence-electron chi connectivity index (χ2n) is 5.75. The zero-order valence-electron chi connectivity index (χ0n) is 14.7. The summed E-state index contributed by atoms with van der Waals surface area (Å²) in [5.74, 6) is 0.563. The van der Waals surface area contributed by atoms with Crippen molar-refractivity contribution in [3.05, 3.63) is 29.5 Å². The lowest BCUT2D eigenvalue weighted by Gasteiger charge is -2.29. The van der Waals surface area contributed by atoms with Crippen LogP contribution >= 0.6 is 0 Å². The second-order valence-corrected chi connectivity index (χ2v) is 5.75. The predicted octanol–water partition coefficient (Wildman–Crippen LogP) is 1.14. The maximum Gasteiger partial charge on any atom is 0.277 e. The van der Waals surface area contributed by atoms with Crippen LogP contribution in [0, 0.1) is 0 Å². The molecule has 0 aliphatic carbocycles. The minimum atomic E-state index is -0.277. The Labute approximate surface area is 146 Å². The molecule has 25 heavy (non-hydrogen) atoms. The molecule has 7 heteroatoms. The molecule has 2 aliphatic rings. The average Bonchev–Trinajstić information content (AvgIpc) is 2.91. The summed E-state index contributed by atoms with van der Waals surface area (Å²) in [6.45, 7) is 4.38. The summed E-state index contributed by atoms with van der Waals surface area (Å²) >= 11 is 0. The number of benzene rings is 1. The predicted molar refractivity (Wildman–Crippen MR) is 91.3 cm³/mol. The second kappa shape index (κ2) is 7.14. The monoisotopic (exact) mass is 346 g/mol. The average molecular weight is 346 g/mol. The van der Waals surface area contributed by atoms with Gasteiger partial charge in [0.05, 0.1) is 33.0 Å². The van der Waals surface area contributed by atoms with E-state index in [1.54, 1.807) is 39.3 Å². The Morgan fingerprint density at radius 3 is 2.32 bits per heavy atom. The van der Waals surface area contributed by atoms with Crippen LogP contribution in [0.1, 0.15) is 12.5 Å². The normalized spacial score (nSPS) is 18.2.